The summed E-state index contributed by atoms with van der Waals surface area (Å²) in [5.74, 6) is 0.944. The molecule has 3 heteroatoms. The number of unbranched alkanes of at least 4 members (excludes halogenated alkanes) is 1. The van der Waals surface area contributed by atoms with Gasteiger partial charge >= 0.3 is 0 Å². The Bertz CT molecular complexity index is 235. The molecular weight excluding hydrogens is 224 g/mol. The molecule has 3 nitrogen and oxygen atoms in total. The zero-order valence-corrected chi connectivity index (χ0v) is 12.1. The summed E-state index contributed by atoms with van der Waals surface area (Å²) in [6, 6.07) is 0.0663. The molecule has 0 aromatic carbocycles. The SMILES string of the molecule is CCCCC(N)C(=O)NC1CCC(CCC)CC1. The average molecular weight is 254 g/mol. The second-order valence-corrected chi connectivity index (χ2v) is 5.76. The van der Waals surface area contributed by atoms with Gasteiger partial charge in [0.15, 0.2) is 0 Å². The van der Waals surface area contributed by atoms with E-state index in [0.717, 1.165) is 38.0 Å². The van der Waals surface area contributed by atoms with Crippen molar-refractivity contribution in [2.24, 2.45) is 11.7 Å². The van der Waals surface area contributed by atoms with E-state index in [9.17, 15) is 4.79 Å². The second-order valence-electron chi connectivity index (χ2n) is 5.76. The average Bonchev–Trinajstić information content (AvgIpc) is 2.38. The molecular formula is C15H30N2O. The largest absolute Gasteiger partial charge is 0.352 e. The zero-order chi connectivity index (χ0) is 13.4. The maximum absolute atomic E-state index is 11.9. The first-order chi connectivity index (χ1) is 8.67. The highest BCUT2D eigenvalue weighted by Gasteiger charge is 2.23. The van der Waals surface area contributed by atoms with Gasteiger partial charge < -0.3 is 11.1 Å². The van der Waals surface area contributed by atoms with Crippen LogP contribution in [0.3, 0.4) is 0 Å². The molecule has 0 spiro atoms. The van der Waals surface area contributed by atoms with E-state index < -0.39 is 0 Å². The Morgan fingerprint density at radius 2 is 1.89 bits per heavy atom. The van der Waals surface area contributed by atoms with E-state index in [1.807, 2.05) is 0 Å². The van der Waals surface area contributed by atoms with Crippen LogP contribution in [-0.2, 0) is 4.79 Å². The molecule has 0 aromatic rings. The van der Waals surface area contributed by atoms with Crippen molar-refractivity contribution < 1.29 is 4.79 Å². The summed E-state index contributed by atoms with van der Waals surface area (Å²) in [5.41, 5.74) is 5.88. The number of hydrogen-bond acceptors (Lipinski definition) is 2. The van der Waals surface area contributed by atoms with Crippen LogP contribution in [-0.4, -0.2) is 18.0 Å². The Balaban J connectivity index is 2.21. The third-order valence-electron chi connectivity index (χ3n) is 4.10. The molecule has 0 aromatic heterocycles. The van der Waals surface area contributed by atoms with Gasteiger partial charge in [0.1, 0.15) is 0 Å². The Morgan fingerprint density at radius 1 is 1.22 bits per heavy atom. The monoisotopic (exact) mass is 254 g/mol. The Labute approximate surface area is 112 Å². The summed E-state index contributed by atoms with van der Waals surface area (Å²) < 4.78 is 0. The highest BCUT2D eigenvalue weighted by molar-refractivity contribution is 5.81. The molecule has 1 fully saturated rings. The van der Waals surface area contributed by atoms with Crippen molar-refractivity contribution in [2.75, 3.05) is 0 Å². The van der Waals surface area contributed by atoms with Crippen molar-refractivity contribution in [3.63, 3.8) is 0 Å². The van der Waals surface area contributed by atoms with Crippen molar-refractivity contribution >= 4 is 5.91 Å². The molecule has 1 aliphatic rings. The van der Waals surface area contributed by atoms with Crippen LogP contribution in [0.25, 0.3) is 0 Å². The highest BCUT2D eigenvalue weighted by Crippen LogP contribution is 2.27. The third-order valence-corrected chi connectivity index (χ3v) is 4.10. The van der Waals surface area contributed by atoms with Gasteiger partial charge in [-0.1, -0.05) is 39.5 Å². The summed E-state index contributed by atoms with van der Waals surface area (Å²) in [4.78, 5) is 11.9. The van der Waals surface area contributed by atoms with Gasteiger partial charge in [-0.3, -0.25) is 4.79 Å². The van der Waals surface area contributed by atoms with Crippen LogP contribution < -0.4 is 11.1 Å². The fourth-order valence-corrected chi connectivity index (χ4v) is 2.87. The van der Waals surface area contributed by atoms with Crippen molar-refractivity contribution in [3.05, 3.63) is 0 Å². The first-order valence-electron chi connectivity index (χ1n) is 7.73. The van der Waals surface area contributed by atoms with Gasteiger partial charge in [-0.2, -0.15) is 0 Å². The lowest BCUT2D eigenvalue weighted by Crippen LogP contribution is -2.46. The lowest BCUT2D eigenvalue weighted by atomic mass is 9.83. The minimum absolute atomic E-state index is 0.0578. The summed E-state index contributed by atoms with van der Waals surface area (Å²) in [7, 11) is 0. The van der Waals surface area contributed by atoms with E-state index in [4.69, 9.17) is 5.73 Å². The van der Waals surface area contributed by atoms with Crippen LogP contribution in [0.5, 0.6) is 0 Å². The summed E-state index contributed by atoms with van der Waals surface area (Å²) in [6.07, 6.45) is 10.4. The smallest absolute Gasteiger partial charge is 0.237 e. The number of rotatable bonds is 7. The van der Waals surface area contributed by atoms with Crippen LogP contribution in [0, 0.1) is 5.92 Å². The Morgan fingerprint density at radius 3 is 2.44 bits per heavy atom. The lowest BCUT2D eigenvalue weighted by Gasteiger charge is -2.29. The molecule has 0 saturated heterocycles. The predicted molar refractivity (Wildman–Crippen MR) is 76.3 cm³/mol. The minimum Gasteiger partial charge on any atom is -0.352 e. The number of nitrogens with one attached hydrogen (secondary N) is 1. The van der Waals surface area contributed by atoms with Crippen LogP contribution >= 0.6 is 0 Å². The first-order valence-corrected chi connectivity index (χ1v) is 7.73. The van der Waals surface area contributed by atoms with Crippen LogP contribution in [0.15, 0.2) is 0 Å². The first kappa shape index (κ1) is 15.5. The van der Waals surface area contributed by atoms with Crippen molar-refractivity contribution in [2.45, 2.75) is 83.7 Å². The van der Waals surface area contributed by atoms with Crippen LogP contribution in [0.2, 0.25) is 0 Å². The van der Waals surface area contributed by atoms with E-state index in [-0.39, 0.29) is 11.9 Å². The summed E-state index contributed by atoms with van der Waals surface area (Å²) in [6.45, 7) is 4.38. The van der Waals surface area contributed by atoms with Gasteiger partial charge in [0, 0.05) is 6.04 Å². The molecule has 1 aliphatic carbocycles. The molecule has 0 radical (unpaired) electrons. The predicted octanol–water partition coefficient (Wildman–Crippen LogP) is 2.98. The van der Waals surface area contributed by atoms with Gasteiger partial charge in [0.25, 0.3) is 0 Å². The molecule has 1 rings (SSSR count). The number of carbonyl (C=O) groups excluding carboxylic acids is 1. The molecule has 0 aliphatic heterocycles. The van der Waals surface area contributed by atoms with Crippen molar-refractivity contribution in [3.8, 4) is 0 Å². The van der Waals surface area contributed by atoms with Gasteiger partial charge in [-0.15, -0.1) is 0 Å². The normalized spacial score (nSPS) is 25.7. The molecule has 0 heterocycles. The quantitative estimate of drug-likeness (QED) is 0.734. The third kappa shape index (κ3) is 5.38. The van der Waals surface area contributed by atoms with E-state index in [1.54, 1.807) is 0 Å². The van der Waals surface area contributed by atoms with Crippen molar-refractivity contribution in [1.82, 2.24) is 5.32 Å². The van der Waals surface area contributed by atoms with E-state index in [2.05, 4.69) is 19.2 Å². The maximum Gasteiger partial charge on any atom is 0.237 e. The number of nitrogens with two attached hydrogens (primary N) is 1. The topological polar surface area (TPSA) is 55.1 Å². The van der Waals surface area contributed by atoms with Crippen LogP contribution in [0.1, 0.15) is 71.6 Å². The van der Waals surface area contributed by atoms with Gasteiger partial charge in [0.2, 0.25) is 5.91 Å². The summed E-state index contributed by atoms with van der Waals surface area (Å²) in [5, 5.41) is 3.13. The molecule has 1 atom stereocenters. The number of hydrogen-bond donors (Lipinski definition) is 2. The summed E-state index contributed by atoms with van der Waals surface area (Å²) >= 11 is 0. The fraction of sp³-hybridized carbons (Fsp3) is 0.933. The van der Waals surface area contributed by atoms with Gasteiger partial charge in [0.05, 0.1) is 6.04 Å². The van der Waals surface area contributed by atoms with E-state index in [1.165, 1.54) is 25.7 Å². The van der Waals surface area contributed by atoms with Crippen LogP contribution in [0.4, 0.5) is 0 Å². The second kappa shape index (κ2) is 8.52. The number of amides is 1. The molecule has 1 amide bonds. The zero-order valence-electron chi connectivity index (χ0n) is 12.1. The molecule has 3 N–H and O–H groups in total. The van der Waals surface area contributed by atoms with Crippen molar-refractivity contribution in [1.29, 1.82) is 0 Å². The van der Waals surface area contributed by atoms with Gasteiger partial charge in [-0.25, -0.2) is 0 Å². The number of carbonyl (C=O) groups is 1. The molecule has 0 bridgehead atoms. The molecule has 1 saturated carbocycles. The Hall–Kier alpha value is -0.570. The Kier molecular flexibility index (Phi) is 7.33. The molecule has 18 heavy (non-hydrogen) atoms. The van der Waals surface area contributed by atoms with E-state index >= 15 is 0 Å². The van der Waals surface area contributed by atoms with Gasteiger partial charge in [-0.05, 0) is 38.0 Å². The minimum atomic E-state index is -0.307. The fourth-order valence-electron chi connectivity index (χ4n) is 2.87. The maximum atomic E-state index is 11.9. The molecule has 1 unspecified atom stereocenters. The van der Waals surface area contributed by atoms with E-state index in [0.29, 0.717) is 6.04 Å². The lowest BCUT2D eigenvalue weighted by molar-refractivity contribution is -0.123. The highest BCUT2D eigenvalue weighted by atomic mass is 16.2. The molecule has 106 valence electrons. The standard InChI is InChI=1S/C15H30N2O/c1-3-5-7-14(16)15(18)17-13-10-8-12(6-4-2)9-11-13/h12-14H,3-11,16H2,1-2H3,(H,17,18).